The fourth-order valence-corrected chi connectivity index (χ4v) is 4.44. The topological polar surface area (TPSA) is 61.4 Å². The fraction of sp³-hybridized carbons (Fsp3) is 0.333. The van der Waals surface area contributed by atoms with Crippen LogP contribution >= 0.6 is 0 Å². The van der Waals surface area contributed by atoms with E-state index in [0.29, 0.717) is 0 Å². The van der Waals surface area contributed by atoms with Crippen molar-refractivity contribution in [2.24, 2.45) is 0 Å². The van der Waals surface area contributed by atoms with Crippen molar-refractivity contribution in [2.45, 2.75) is 38.8 Å². The molecule has 0 radical (unpaired) electrons. The van der Waals surface area contributed by atoms with Gasteiger partial charge in [-0.15, -0.1) is 0 Å². The van der Waals surface area contributed by atoms with E-state index in [1.807, 2.05) is 42.5 Å². The van der Waals surface area contributed by atoms with Gasteiger partial charge in [0.15, 0.2) is 0 Å². The van der Waals surface area contributed by atoms with Gasteiger partial charge in [-0.2, -0.15) is 0 Å². The summed E-state index contributed by atoms with van der Waals surface area (Å²) in [6, 6.07) is 22.8. The first-order valence-corrected chi connectivity index (χ1v) is 11.4. The Bertz CT molecular complexity index is 1080. The molecule has 166 valence electrons. The van der Waals surface area contributed by atoms with Crippen LogP contribution in [0.3, 0.4) is 0 Å². The maximum atomic E-state index is 12.4. The molecule has 1 fully saturated rings. The highest BCUT2D eigenvalue weighted by molar-refractivity contribution is 5.91. The Morgan fingerprint density at radius 1 is 0.938 bits per heavy atom. The van der Waals surface area contributed by atoms with E-state index >= 15 is 0 Å². The molecule has 32 heavy (non-hydrogen) atoms. The lowest BCUT2D eigenvalue weighted by Gasteiger charge is -2.32. The third-order valence-corrected chi connectivity index (χ3v) is 6.12. The van der Waals surface area contributed by atoms with Crippen molar-refractivity contribution in [3.8, 4) is 0 Å². The van der Waals surface area contributed by atoms with E-state index in [4.69, 9.17) is 0 Å². The first-order valence-electron chi connectivity index (χ1n) is 11.4. The zero-order valence-corrected chi connectivity index (χ0v) is 18.6. The van der Waals surface area contributed by atoms with Gasteiger partial charge in [0.2, 0.25) is 11.8 Å². The number of likely N-dealkylation sites (tertiary alicyclic amines) is 1. The number of carbonyl (C=O) groups is 2. The monoisotopic (exact) mass is 429 g/mol. The molecule has 3 aromatic carbocycles. The standard InChI is InChI=1S/C27H31N3O2/c1-20-6-4-7-21(16-20)19-30-14-12-24(13-15-30)29-27(32)18-28-26(31)17-23-10-5-9-22-8-2-3-11-25(22)23/h2-11,16,24H,12-15,17-19H2,1H3,(H,28,31)(H,29,32). The van der Waals surface area contributed by atoms with Crippen LogP contribution in [0.5, 0.6) is 0 Å². The number of nitrogens with one attached hydrogen (secondary N) is 2. The predicted octanol–water partition coefficient (Wildman–Crippen LogP) is 3.59. The normalized spacial score (nSPS) is 14.9. The Kier molecular flexibility index (Phi) is 7.17. The number of nitrogens with zero attached hydrogens (tertiary/aromatic N) is 1. The average Bonchev–Trinajstić information content (AvgIpc) is 2.79. The summed E-state index contributed by atoms with van der Waals surface area (Å²) in [7, 11) is 0. The summed E-state index contributed by atoms with van der Waals surface area (Å²) in [5.41, 5.74) is 3.59. The lowest BCUT2D eigenvalue weighted by atomic mass is 10.0. The molecule has 2 amide bonds. The lowest BCUT2D eigenvalue weighted by Crippen LogP contribution is -2.47. The minimum atomic E-state index is -0.135. The fourth-order valence-electron chi connectivity index (χ4n) is 4.44. The van der Waals surface area contributed by atoms with Crippen LogP contribution in [-0.2, 0) is 22.6 Å². The van der Waals surface area contributed by atoms with Gasteiger partial charge < -0.3 is 10.6 Å². The van der Waals surface area contributed by atoms with Crippen LogP contribution in [0, 0.1) is 6.92 Å². The van der Waals surface area contributed by atoms with Gasteiger partial charge in [0.1, 0.15) is 0 Å². The molecule has 0 aromatic heterocycles. The Balaban J connectivity index is 1.19. The first-order chi connectivity index (χ1) is 15.6. The van der Waals surface area contributed by atoms with Crippen LogP contribution in [0.15, 0.2) is 66.7 Å². The molecule has 0 atom stereocenters. The summed E-state index contributed by atoms with van der Waals surface area (Å²) >= 11 is 0. The molecular formula is C27H31N3O2. The van der Waals surface area contributed by atoms with Crippen LogP contribution in [0.4, 0.5) is 0 Å². The van der Waals surface area contributed by atoms with Gasteiger partial charge >= 0.3 is 0 Å². The highest BCUT2D eigenvalue weighted by Gasteiger charge is 2.21. The quantitative estimate of drug-likeness (QED) is 0.603. The predicted molar refractivity (Wildman–Crippen MR) is 128 cm³/mol. The molecule has 1 aliphatic heterocycles. The molecule has 4 rings (SSSR count). The number of rotatable bonds is 7. The van der Waals surface area contributed by atoms with Crippen molar-refractivity contribution >= 4 is 22.6 Å². The number of benzene rings is 3. The largest absolute Gasteiger partial charge is 0.352 e. The van der Waals surface area contributed by atoms with Crippen molar-refractivity contribution in [1.29, 1.82) is 0 Å². The summed E-state index contributed by atoms with van der Waals surface area (Å²) < 4.78 is 0. The zero-order valence-electron chi connectivity index (χ0n) is 18.6. The smallest absolute Gasteiger partial charge is 0.239 e. The highest BCUT2D eigenvalue weighted by atomic mass is 16.2. The second kappa shape index (κ2) is 10.4. The maximum absolute atomic E-state index is 12.4. The first kappa shape index (κ1) is 22.0. The molecule has 5 nitrogen and oxygen atoms in total. The van der Waals surface area contributed by atoms with E-state index in [-0.39, 0.29) is 30.8 Å². The summed E-state index contributed by atoms with van der Waals surface area (Å²) in [6.45, 7) is 5.02. The molecule has 1 saturated heterocycles. The molecule has 3 aromatic rings. The Labute approximate surface area is 189 Å². The second-order valence-corrected chi connectivity index (χ2v) is 8.70. The zero-order chi connectivity index (χ0) is 22.3. The van der Waals surface area contributed by atoms with E-state index < -0.39 is 0 Å². The van der Waals surface area contributed by atoms with Crippen molar-refractivity contribution in [1.82, 2.24) is 15.5 Å². The summed E-state index contributed by atoms with van der Waals surface area (Å²) in [4.78, 5) is 27.2. The second-order valence-electron chi connectivity index (χ2n) is 8.70. The molecule has 0 saturated carbocycles. The minimum Gasteiger partial charge on any atom is -0.352 e. The maximum Gasteiger partial charge on any atom is 0.239 e. The Morgan fingerprint density at radius 2 is 1.69 bits per heavy atom. The van der Waals surface area contributed by atoms with Gasteiger partial charge in [-0.1, -0.05) is 72.3 Å². The average molecular weight is 430 g/mol. The van der Waals surface area contributed by atoms with Crippen molar-refractivity contribution < 1.29 is 9.59 Å². The van der Waals surface area contributed by atoms with Crippen LogP contribution in [0.25, 0.3) is 10.8 Å². The van der Waals surface area contributed by atoms with Gasteiger partial charge in [-0.05, 0) is 41.7 Å². The third kappa shape index (κ3) is 5.95. The van der Waals surface area contributed by atoms with Gasteiger partial charge in [0.05, 0.1) is 13.0 Å². The number of piperidine rings is 1. The lowest BCUT2D eigenvalue weighted by molar-refractivity contribution is -0.126. The highest BCUT2D eigenvalue weighted by Crippen LogP contribution is 2.19. The molecule has 0 aliphatic carbocycles. The molecule has 2 N–H and O–H groups in total. The van der Waals surface area contributed by atoms with Gasteiger partial charge in [0.25, 0.3) is 0 Å². The third-order valence-electron chi connectivity index (χ3n) is 6.12. The van der Waals surface area contributed by atoms with E-state index in [2.05, 4.69) is 46.7 Å². The summed E-state index contributed by atoms with van der Waals surface area (Å²) in [5.74, 6) is -0.252. The van der Waals surface area contributed by atoms with E-state index in [9.17, 15) is 9.59 Å². The van der Waals surface area contributed by atoms with Gasteiger partial charge in [-0.3, -0.25) is 14.5 Å². The summed E-state index contributed by atoms with van der Waals surface area (Å²) in [6.07, 6.45) is 2.13. The van der Waals surface area contributed by atoms with Crippen molar-refractivity contribution in [2.75, 3.05) is 19.6 Å². The Morgan fingerprint density at radius 3 is 2.50 bits per heavy atom. The molecular weight excluding hydrogens is 398 g/mol. The number of amides is 2. The van der Waals surface area contributed by atoms with E-state index in [1.165, 1.54) is 11.1 Å². The molecule has 1 aliphatic rings. The van der Waals surface area contributed by atoms with Gasteiger partial charge in [-0.25, -0.2) is 0 Å². The number of carbonyl (C=O) groups excluding carboxylic acids is 2. The van der Waals surface area contributed by atoms with Crippen molar-refractivity contribution in [3.05, 3.63) is 83.4 Å². The number of fused-ring (bicyclic) bond motifs is 1. The van der Waals surface area contributed by atoms with E-state index in [1.54, 1.807) is 0 Å². The van der Waals surface area contributed by atoms with E-state index in [0.717, 1.165) is 48.8 Å². The molecule has 0 spiro atoms. The number of aryl methyl sites for hydroxylation is 1. The molecule has 0 bridgehead atoms. The molecule has 0 unspecified atom stereocenters. The van der Waals surface area contributed by atoms with Crippen LogP contribution in [0.1, 0.15) is 29.5 Å². The van der Waals surface area contributed by atoms with Crippen molar-refractivity contribution in [3.63, 3.8) is 0 Å². The Hall–Kier alpha value is -3.18. The number of hydrogen-bond donors (Lipinski definition) is 2. The number of hydrogen-bond acceptors (Lipinski definition) is 3. The van der Waals surface area contributed by atoms with Crippen LogP contribution < -0.4 is 10.6 Å². The summed E-state index contributed by atoms with van der Waals surface area (Å²) in [5, 5.41) is 8.04. The SMILES string of the molecule is Cc1cccc(CN2CCC(NC(=O)CNC(=O)Cc3cccc4ccccc34)CC2)c1. The minimum absolute atomic E-state index is 0.0209. The molecule has 1 heterocycles. The van der Waals surface area contributed by atoms with Gasteiger partial charge in [0, 0.05) is 25.7 Å². The van der Waals surface area contributed by atoms with Crippen LogP contribution in [0.2, 0.25) is 0 Å². The molecule has 5 heteroatoms. The van der Waals surface area contributed by atoms with Crippen LogP contribution in [-0.4, -0.2) is 42.4 Å².